The van der Waals surface area contributed by atoms with Gasteiger partial charge in [0.1, 0.15) is 0 Å². The van der Waals surface area contributed by atoms with E-state index in [-0.39, 0.29) is 29.9 Å². The summed E-state index contributed by atoms with van der Waals surface area (Å²) in [6, 6.07) is 4.72. The lowest BCUT2D eigenvalue weighted by molar-refractivity contribution is -0.128. The second-order valence-electron chi connectivity index (χ2n) is 5.89. The Labute approximate surface area is 165 Å². The Morgan fingerprint density at radius 2 is 2.12 bits per heavy atom. The van der Waals surface area contributed by atoms with E-state index in [4.69, 9.17) is 0 Å². The van der Waals surface area contributed by atoms with E-state index in [9.17, 15) is 4.79 Å². The number of nitrogens with one attached hydrogen (secondary N) is 2. The van der Waals surface area contributed by atoms with E-state index < -0.39 is 0 Å². The maximum Gasteiger partial charge on any atom is 0.223 e. The van der Waals surface area contributed by atoms with Crippen molar-refractivity contribution in [3.05, 3.63) is 17.5 Å². The molecule has 0 radical (unpaired) electrons. The molecule has 0 atom stereocenters. The molecule has 1 aromatic heterocycles. The highest BCUT2D eigenvalue weighted by atomic mass is 127. The van der Waals surface area contributed by atoms with Gasteiger partial charge in [0.05, 0.1) is 5.00 Å². The third-order valence-corrected chi connectivity index (χ3v) is 4.94. The fourth-order valence-electron chi connectivity index (χ4n) is 2.59. The number of halogens is 1. The molecule has 0 spiro atoms. The highest BCUT2D eigenvalue weighted by Gasteiger charge is 2.20. The van der Waals surface area contributed by atoms with E-state index in [0.29, 0.717) is 19.0 Å². The van der Waals surface area contributed by atoms with Crippen LogP contribution in [0.2, 0.25) is 0 Å². The Kier molecular flexibility index (Phi) is 9.42. The molecular weight excluding hydrogens is 437 g/mol. The Morgan fingerprint density at radius 3 is 2.67 bits per heavy atom. The molecule has 1 aromatic rings. The van der Waals surface area contributed by atoms with Crippen LogP contribution in [0.3, 0.4) is 0 Å². The molecule has 2 rings (SSSR count). The first kappa shape index (κ1) is 21.0. The van der Waals surface area contributed by atoms with Gasteiger partial charge in [-0.25, -0.2) is 0 Å². The second kappa shape index (κ2) is 10.8. The zero-order chi connectivity index (χ0) is 16.7. The molecule has 0 saturated carbocycles. The summed E-state index contributed by atoms with van der Waals surface area (Å²) in [5.74, 6) is 0.906. The number of rotatable bonds is 5. The van der Waals surface area contributed by atoms with Gasteiger partial charge in [-0.1, -0.05) is 0 Å². The van der Waals surface area contributed by atoms with E-state index >= 15 is 0 Å². The van der Waals surface area contributed by atoms with Crippen LogP contribution in [-0.2, 0) is 4.79 Å². The van der Waals surface area contributed by atoms with Crippen molar-refractivity contribution in [2.75, 3.05) is 45.7 Å². The fourth-order valence-corrected chi connectivity index (χ4v) is 3.38. The van der Waals surface area contributed by atoms with Gasteiger partial charge in [0.25, 0.3) is 0 Å². The van der Waals surface area contributed by atoms with Gasteiger partial charge in [0.15, 0.2) is 5.96 Å². The molecule has 1 saturated heterocycles. The Morgan fingerprint density at radius 1 is 1.42 bits per heavy atom. The highest BCUT2D eigenvalue weighted by molar-refractivity contribution is 14.0. The molecule has 1 aliphatic rings. The van der Waals surface area contributed by atoms with Crippen LogP contribution in [0.5, 0.6) is 0 Å². The average Bonchev–Trinajstić information content (AvgIpc) is 3.08. The van der Waals surface area contributed by atoms with Crippen LogP contribution in [0.4, 0.5) is 5.00 Å². The molecule has 8 heteroatoms. The number of aliphatic imine (C=N–C) groups is 1. The molecule has 1 amide bonds. The largest absolute Gasteiger partial charge is 0.363 e. The quantitative estimate of drug-likeness (QED) is 0.397. The Hall–Kier alpha value is -1.03. The molecule has 136 valence electrons. The lowest BCUT2D eigenvalue weighted by Crippen LogP contribution is -2.49. The highest BCUT2D eigenvalue weighted by Crippen LogP contribution is 2.24. The number of anilines is 1. The molecule has 24 heavy (non-hydrogen) atoms. The summed E-state index contributed by atoms with van der Waals surface area (Å²) >= 11 is 1.80. The van der Waals surface area contributed by atoms with Gasteiger partial charge < -0.3 is 20.4 Å². The first-order valence-corrected chi connectivity index (χ1v) is 8.94. The van der Waals surface area contributed by atoms with Crippen LogP contribution in [0.25, 0.3) is 0 Å². The molecule has 1 fully saturated rings. The summed E-state index contributed by atoms with van der Waals surface area (Å²) in [4.78, 5) is 19.9. The van der Waals surface area contributed by atoms with Crippen molar-refractivity contribution >= 4 is 52.2 Å². The van der Waals surface area contributed by atoms with Crippen molar-refractivity contribution in [2.45, 2.75) is 25.3 Å². The molecule has 0 aromatic carbocycles. The first-order chi connectivity index (χ1) is 11.1. The number of amides is 1. The number of carbonyl (C=O) groups is 1. The summed E-state index contributed by atoms with van der Waals surface area (Å²) in [6.07, 6.45) is 2.66. The van der Waals surface area contributed by atoms with E-state index in [1.807, 2.05) is 0 Å². The number of nitrogens with zero attached hydrogens (tertiary/aromatic N) is 3. The zero-order valence-electron chi connectivity index (χ0n) is 14.6. The van der Waals surface area contributed by atoms with Crippen LogP contribution < -0.4 is 15.5 Å². The first-order valence-electron chi connectivity index (χ1n) is 8.06. The fraction of sp³-hybridized carbons (Fsp3) is 0.625. The SMILES string of the molecule is CN=C(NCCC(=O)N(C)C)NC1CCN(c2cccs2)CC1.I. The van der Waals surface area contributed by atoms with Crippen molar-refractivity contribution in [1.29, 1.82) is 0 Å². The predicted octanol–water partition coefficient (Wildman–Crippen LogP) is 1.98. The van der Waals surface area contributed by atoms with E-state index in [1.165, 1.54) is 5.00 Å². The predicted molar refractivity (Wildman–Crippen MR) is 113 cm³/mol. The Balaban J connectivity index is 0.00000288. The van der Waals surface area contributed by atoms with Crippen LogP contribution in [-0.4, -0.2) is 63.6 Å². The van der Waals surface area contributed by atoms with Crippen molar-refractivity contribution in [3.8, 4) is 0 Å². The minimum absolute atomic E-state index is 0. The third kappa shape index (κ3) is 6.46. The summed E-state index contributed by atoms with van der Waals surface area (Å²) < 4.78 is 0. The molecule has 0 unspecified atom stereocenters. The molecular formula is C16H28IN5OS. The summed E-state index contributed by atoms with van der Waals surface area (Å²) in [7, 11) is 5.32. The van der Waals surface area contributed by atoms with E-state index in [1.54, 1.807) is 37.4 Å². The maximum absolute atomic E-state index is 11.6. The van der Waals surface area contributed by atoms with Crippen LogP contribution in [0.15, 0.2) is 22.5 Å². The number of hydrogen-bond acceptors (Lipinski definition) is 4. The molecule has 2 heterocycles. The van der Waals surface area contributed by atoms with Crippen molar-refractivity contribution in [2.24, 2.45) is 4.99 Å². The summed E-state index contributed by atoms with van der Waals surface area (Å²) in [6.45, 7) is 2.73. The zero-order valence-corrected chi connectivity index (χ0v) is 17.8. The van der Waals surface area contributed by atoms with Gasteiger partial charge in [-0.05, 0) is 30.4 Å². The van der Waals surface area contributed by atoms with Crippen molar-refractivity contribution < 1.29 is 4.79 Å². The lowest BCUT2D eigenvalue weighted by atomic mass is 10.1. The number of carbonyl (C=O) groups excluding carboxylic acids is 1. The number of piperidine rings is 1. The van der Waals surface area contributed by atoms with Gasteiger partial charge in [-0.15, -0.1) is 35.3 Å². The second-order valence-corrected chi connectivity index (χ2v) is 6.82. The van der Waals surface area contributed by atoms with Crippen LogP contribution in [0, 0.1) is 0 Å². The standard InChI is InChI=1S/C16H27N5OS.HI/c1-17-16(18-9-6-14(22)20(2)3)19-13-7-10-21(11-8-13)15-5-4-12-23-15;/h4-5,12-13H,6-11H2,1-3H3,(H2,17,18,19);1H. The van der Waals surface area contributed by atoms with Gasteiger partial charge in [0.2, 0.25) is 5.91 Å². The molecule has 1 aliphatic heterocycles. The molecule has 6 nitrogen and oxygen atoms in total. The van der Waals surface area contributed by atoms with Gasteiger partial charge >= 0.3 is 0 Å². The average molecular weight is 465 g/mol. The van der Waals surface area contributed by atoms with Crippen LogP contribution in [0.1, 0.15) is 19.3 Å². The summed E-state index contributed by atoms with van der Waals surface area (Å²) in [5, 5.41) is 10.2. The van der Waals surface area contributed by atoms with Crippen molar-refractivity contribution in [1.82, 2.24) is 15.5 Å². The van der Waals surface area contributed by atoms with Crippen LogP contribution >= 0.6 is 35.3 Å². The van der Waals surface area contributed by atoms with Gasteiger partial charge in [0, 0.05) is 53.2 Å². The number of guanidine groups is 1. The number of thiophene rings is 1. The monoisotopic (exact) mass is 465 g/mol. The van der Waals surface area contributed by atoms with Gasteiger partial charge in [-0.3, -0.25) is 9.79 Å². The third-order valence-electron chi connectivity index (χ3n) is 4.01. The topological polar surface area (TPSA) is 60.0 Å². The van der Waals surface area contributed by atoms with Crippen molar-refractivity contribution in [3.63, 3.8) is 0 Å². The minimum atomic E-state index is 0. The van der Waals surface area contributed by atoms with E-state index in [0.717, 1.165) is 31.9 Å². The smallest absolute Gasteiger partial charge is 0.223 e. The lowest BCUT2D eigenvalue weighted by Gasteiger charge is -2.33. The molecule has 0 aliphatic carbocycles. The molecule has 2 N–H and O–H groups in total. The maximum atomic E-state index is 11.6. The normalized spacial score (nSPS) is 15.6. The minimum Gasteiger partial charge on any atom is -0.363 e. The summed E-state index contributed by atoms with van der Waals surface area (Å²) in [5.41, 5.74) is 0. The van der Waals surface area contributed by atoms with Gasteiger partial charge in [-0.2, -0.15) is 0 Å². The van der Waals surface area contributed by atoms with E-state index in [2.05, 4.69) is 38.0 Å². The molecule has 0 bridgehead atoms. The Bertz CT molecular complexity index is 513. The number of hydrogen-bond donors (Lipinski definition) is 2.